The number of rotatable bonds is 19. The van der Waals surface area contributed by atoms with Crippen molar-refractivity contribution in [2.45, 2.75) is 137 Å². The van der Waals surface area contributed by atoms with E-state index < -0.39 is 46.2 Å². The average Bonchev–Trinajstić information content (AvgIpc) is 3.91. The molecule has 6 rings (SSSR count). The number of unbranched alkanes of at least 4 members (excludes halogenated alkanes) is 3. The van der Waals surface area contributed by atoms with E-state index >= 15 is 0 Å². The molecule has 0 spiro atoms. The number of β-amino-alcohol motifs (C(OH)–C–C–N with tert-alkyl or cyclic N) is 1. The van der Waals surface area contributed by atoms with Crippen LogP contribution in [-0.4, -0.2) is 93.7 Å². The van der Waals surface area contributed by atoms with E-state index in [1.54, 1.807) is 41.8 Å². The highest BCUT2D eigenvalue weighted by Gasteiger charge is 2.64. The average molecular weight is 969 g/mol. The van der Waals surface area contributed by atoms with Gasteiger partial charge in [-0.1, -0.05) is 103 Å². The smallest absolute Gasteiger partial charge is 0.270 e. The first kappa shape index (κ1) is 52.0. The first-order valence-electron chi connectivity index (χ1n) is 23.4. The number of amides is 4. The summed E-state index contributed by atoms with van der Waals surface area (Å²) in [6.45, 7) is 17.8. The summed E-state index contributed by atoms with van der Waals surface area (Å²) in [6.07, 6.45) is 5.07. The number of likely N-dealkylation sites (tertiary alicyclic amines) is 1. The quantitative estimate of drug-likeness (QED) is 0.0666. The first-order chi connectivity index (χ1) is 32.1. The maximum absolute atomic E-state index is 14.1. The molecule has 4 N–H and O–H groups in total. The van der Waals surface area contributed by atoms with Crippen molar-refractivity contribution < 1.29 is 33.8 Å². The Bertz CT molecular complexity index is 2450. The van der Waals surface area contributed by atoms with E-state index in [1.807, 2.05) is 70.5 Å². The zero-order chi connectivity index (χ0) is 49.6. The number of thiazole rings is 1. The van der Waals surface area contributed by atoms with E-state index in [9.17, 15) is 29.5 Å². The number of ether oxygens (including phenoxy) is 2. The van der Waals surface area contributed by atoms with Crippen LogP contribution in [0.3, 0.4) is 0 Å². The summed E-state index contributed by atoms with van der Waals surface area (Å²) >= 11 is 7.81. The number of nitriles is 1. The fourth-order valence-corrected chi connectivity index (χ4v) is 10.8. The van der Waals surface area contributed by atoms with E-state index in [-0.39, 0.29) is 49.6 Å². The van der Waals surface area contributed by atoms with Gasteiger partial charge in [0.2, 0.25) is 17.7 Å². The molecule has 364 valence electrons. The predicted molar refractivity (Wildman–Crippen MR) is 263 cm³/mol. The Morgan fingerprint density at radius 2 is 1.69 bits per heavy atom. The molecular formula is C52H66ClN7O7S. The van der Waals surface area contributed by atoms with Crippen molar-refractivity contribution in [3.05, 3.63) is 99.4 Å². The van der Waals surface area contributed by atoms with Crippen LogP contribution >= 0.6 is 22.9 Å². The Kier molecular flexibility index (Phi) is 16.8. The molecule has 2 aromatic heterocycles. The van der Waals surface area contributed by atoms with Crippen molar-refractivity contribution in [3.63, 3.8) is 0 Å². The highest BCUT2D eigenvalue weighted by atomic mass is 35.5. The maximum atomic E-state index is 14.1. The molecular weight excluding hydrogens is 902 g/mol. The second-order valence-corrected chi connectivity index (χ2v) is 21.7. The second-order valence-electron chi connectivity index (χ2n) is 20.5. The van der Waals surface area contributed by atoms with Crippen LogP contribution in [0.2, 0.25) is 5.02 Å². The van der Waals surface area contributed by atoms with Gasteiger partial charge in [-0.05, 0) is 73.4 Å². The van der Waals surface area contributed by atoms with E-state index in [0.717, 1.165) is 59.4 Å². The Morgan fingerprint density at radius 3 is 2.31 bits per heavy atom. The highest BCUT2D eigenvalue weighted by molar-refractivity contribution is 7.13. The lowest BCUT2D eigenvalue weighted by atomic mass is 9.49. The number of aryl methyl sites for hydroxylation is 2. The number of hydrogen-bond donors (Lipinski definition) is 4. The van der Waals surface area contributed by atoms with Gasteiger partial charge in [-0.2, -0.15) is 5.26 Å². The third-order valence-electron chi connectivity index (χ3n) is 13.3. The van der Waals surface area contributed by atoms with Gasteiger partial charge in [0, 0.05) is 48.7 Å². The molecule has 4 amide bonds. The maximum Gasteiger partial charge on any atom is 0.270 e. The van der Waals surface area contributed by atoms with Crippen LogP contribution in [-0.2, 0) is 25.5 Å². The molecule has 0 bridgehead atoms. The monoisotopic (exact) mass is 967 g/mol. The molecule has 0 unspecified atom stereocenters. The lowest BCUT2D eigenvalue weighted by molar-refractivity contribution is -0.164. The van der Waals surface area contributed by atoms with Crippen molar-refractivity contribution in [1.29, 1.82) is 5.26 Å². The fourth-order valence-electron chi connectivity index (χ4n) is 9.78. The Balaban J connectivity index is 0.887. The van der Waals surface area contributed by atoms with Crippen molar-refractivity contribution in [2.24, 2.45) is 16.2 Å². The first-order valence-corrected chi connectivity index (χ1v) is 24.7. The van der Waals surface area contributed by atoms with E-state index in [2.05, 4.69) is 59.7 Å². The molecule has 1 saturated carbocycles. The van der Waals surface area contributed by atoms with Crippen LogP contribution < -0.4 is 20.7 Å². The van der Waals surface area contributed by atoms with E-state index in [0.29, 0.717) is 28.6 Å². The topological polar surface area (TPSA) is 196 Å². The van der Waals surface area contributed by atoms with Crippen molar-refractivity contribution in [1.82, 2.24) is 30.8 Å². The van der Waals surface area contributed by atoms with E-state index in [1.165, 1.54) is 4.90 Å². The molecule has 1 aliphatic heterocycles. The number of hydrogen-bond acceptors (Lipinski definition) is 11. The molecule has 68 heavy (non-hydrogen) atoms. The van der Waals surface area contributed by atoms with Crippen molar-refractivity contribution in [2.75, 3.05) is 19.8 Å². The summed E-state index contributed by atoms with van der Waals surface area (Å²) in [5.41, 5.74) is 5.01. The number of pyridine rings is 1. The molecule has 2 aromatic carbocycles. The number of carbonyl (C=O) groups excluding carboxylic acids is 4. The number of carbonyl (C=O) groups is 4. The predicted octanol–water partition coefficient (Wildman–Crippen LogP) is 8.14. The summed E-state index contributed by atoms with van der Waals surface area (Å²) in [6, 6.07) is 16.3. The van der Waals surface area contributed by atoms with Gasteiger partial charge in [-0.15, -0.1) is 11.3 Å². The minimum atomic E-state index is -0.949. The second kappa shape index (κ2) is 21.9. The summed E-state index contributed by atoms with van der Waals surface area (Å²) in [5.74, 6) is -0.899. The summed E-state index contributed by atoms with van der Waals surface area (Å²) in [7, 11) is 0. The molecule has 4 aromatic rings. The van der Waals surface area contributed by atoms with Gasteiger partial charge in [0.15, 0.2) is 0 Å². The molecule has 0 radical (unpaired) electrons. The standard InChI is InChI=1S/C52H66ClN7O7S/c1-31(34-16-18-35(19-17-34)43-32(2)56-30-68-43)57-46(64)41-24-37(61)28-60(41)47(65)44(50(3,4)5)58-42(62)29-66-23-13-11-10-12-14-33-15-22-40(55-27-33)45(63)59-48-51(6,7)49(52(48,8)9)67-38-21-20-36(26-54)39(53)25-38/h15-22,25,27,30-31,37,41,44,48-49,61H,10-14,23-24,28-29H2,1-9H3,(H,57,64)(H,58,62)(H,59,63)/t31-,37+,41-,44+,48?,49?/m0/s1. The van der Waals surface area contributed by atoms with Crippen LogP contribution in [0.5, 0.6) is 5.75 Å². The van der Waals surface area contributed by atoms with Gasteiger partial charge in [0.05, 0.1) is 38.8 Å². The van der Waals surface area contributed by atoms with Crippen LogP contribution in [0.4, 0.5) is 0 Å². The summed E-state index contributed by atoms with van der Waals surface area (Å²) in [5, 5.41) is 29.2. The van der Waals surface area contributed by atoms with Gasteiger partial charge in [0.25, 0.3) is 5.91 Å². The number of nitrogens with one attached hydrogen (secondary N) is 3. The number of aliphatic hydroxyl groups is 1. The molecule has 2 fully saturated rings. The lowest BCUT2D eigenvalue weighted by Crippen LogP contribution is -2.74. The summed E-state index contributed by atoms with van der Waals surface area (Å²) in [4.78, 5) is 65.4. The zero-order valence-corrected chi connectivity index (χ0v) is 42.2. The van der Waals surface area contributed by atoms with Crippen molar-refractivity contribution >= 4 is 46.6 Å². The molecule has 16 heteroatoms. The number of aromatic nitrogens is 2. The van der Waals surface area contributed by atoms with Gasteiger partial charge < -0.3 is 35.4 Å². The van der Waals surface area contributed by atoms with Crippen LogP contribution in [0.15, 0.2) is 66.3 Å². The molecule has 14 nitrogen and oxygen atoms in total. The van der Waals surface area contributed by atoms with E-state index in [4.69, 9.17) is 21.1 Å². The van der Waals surface area contributed by atoms with Crippen molar-refractivity contribution in [3.8, 4) is 22.3 Å². The zero-order valence-electron chi connectivity index (χ0n) is 40.7. The van der Waals surface area contributed by atoms with Gasteiger partial charge in [-0.25, -0.2) is 4.98 Å². The minimum absolute atomic E-state index is 0.0118. The van der Waals surface area contributed by atoms with Crippen LogP contribution in [0.25, 0.3) is 10.4 Å². The molecule has 2 aliphatic rings. The number of benzene rings is 2. The number of aliphatic hydroxyl groups excluding tert-OH is 1. The fraction of sp³-hybridized carbons (Fsp3) is 0.519. The third-order valence-corrected chi connectivity index (χ3v) is 14.6. The largest absolute Gasteiger partial charge is 0.489 e. The number of halogens is 1. The van der Waals surface area contributed by atoms with Gasteiger partial charge in [0.1, 0.15) is 42.3 Å². The molecule has 4 atom stereocenters. The summed E-state index contributed by atoms with van der Waals surface area (Å²) < 4.78 is 12.1. The van der Waals surface area contributed by atoms with Crippen LogP contribution in [0.1, 0.15) is 126 Å². The Labute approximate surface area is 409 Å². The molecule has 3 heterocycles. The normalized spacial score (nSPS) is 20.4. The third kappa shape index (κ3) is 12.2. The Hall–Kier alpha value is -5.40. The minimum Gasteiger partial charge on any atom is -0.489 e. The van der Waals surface area contributed by atoms with Gasteiger partial charge in [-0.3, -0.25) is 24.2 Å². The van der Waals surface area contributed by atoms with Gasteiger partial charge >= 0.3 is 0 Å². The molecule has 1 aliphatic carbocycles. The lowest BCUT2D eigenvalue weighted by Gasteiger charge is -2.63. The highest BCUT2D eigenvalue weighted by Crippen LogP contribution is 2.55. The Morgan fingerprint density at radius 1 is 0.985 bits per heavy atom. The van der Waals surface area contributed by atoms with Crippen LogP contribution in [0, 0.1) is 34.5 Å². The molecule has 1 saturated heterocycles. The number of nitrogens with zero attached hydrogens (tertiary/aromatic N) is 4. The SMILES string of the molecule is Cc1ncsc1-c1ccc([C@H](C)NC(=O)[C@@H]2C[C@@H](O)CN2C(=O)[C@@H](NC(=O)COCCCCCCc2ccc(C(=O)NC3C(C)(C)C(Oc4ccc(C#N)c(Cl)c4)C3(C)C)nc2)C(C)(C)C)cc1.